The van der Waals surface area contributed by atoms with Crippen LogP contribution in [0.15, 0.2) is 0 Å². The Bertz CT molecular complexity index is 271. The van der Waals surface area contributed by atoms with Gasteiger partial charge < -0.3 is 14.2 Å². The lowest BCUT2D eigenvalue weighted by Crippen LogP contribution is -2.39. The van der Waals surface area contributed by atoms with E-state index in [4.69, 9.17) is 17.0 Å². The van der Waals surface area contributed by atoms with Crippen LogP contribution >= 0.6 is 24.0 Å². The topological polar surface area (TPSA) is 73.9 Å². The number of alkyl carbamates (subject to hydrolysis) is 1. The van der Waals surface area contributed by atoms with Gasteiger partial charge in [-0.1, -0.05) is 0 Å². The Balaban J connectivity index is 4.37. The van der Waals surface area contributed by atoms with Gasteiger partial charge in [0.1, 0.15) is 0 Å². The number of ether oxygens (including phenoxy) is 3. The summed E-state index contributed by atoms with van der Waals surface area (Å²) in [6, 6.07) is 0. The predicted molar refractivity (Wildman–Crippen MR) is 63.2 cm³/mol. The first-order valence-electron chi connectivity index (χ1n) is 4.30. The first-order chi connectivity index (χ1) is 7.54. The second-order valence-corrected chi connectivity index (χ2v) is 4.05. The maximum Gasteiger partial charge on any atom is 0.408 e. The van der Waals surface area contributed by atoms with Gasteiger partial charge in [-0.05, 0) is 30.9 Å². The van der Waals surface area contributed by atoms with Crippen LogP contribution in [0.4, 0.5) is 4.79 Å². The van der Waals surface area contributed by atoms with Crippen LogP contribution < -0.4 is 5.32 Å². The summed E-state index contributed by atoms with van der Waals surface area (Å²) < 4.78 is 14.0. The molecule has 92 valence electrons. The molecule has 0 aromatic rings. The van der Waals surface area contributed by atoms with Gasteiger partial charge in [0.25, 0.3) is 0 Å². The smallest absolute Gasteiger partial charge is 0.408 e. The molecule has 0 aliphatic heterocycles. The standard InChI is InChI=1S/C8H13NO5S2/c1-4-14-8(15)16-5(6(10)12-2)9-7(11)13-3/h5H,4H2,1-3H3,(H,9,11). The molecule has 0 radical (unpaired) electrons. The van der Waals surface area contributed by atoms with Crippen LogP contribution in [-0.4, -0.2) is 42.6 Å². The van der Waals surface area contributed by atoms with Crippen LogP contribution in [0.5, 0.6) is 0 Å². The Morgan fingerprint density at radius 1 is 1.38 bits per heavy atom. The molecule has 0 rings (SSSR count). The fraction of sp³-hybridized carbons (Fsp3) is 0.625. The molecule has 0 aliphatic carbocycles. The highest BCUT2D eigenvalue weighted by Gasteiger charge is 2.24. The van der Waals surface area contributed by atoms with Gasteiger partial charge in [0.2, 0.25) is 4.38 Å². The summed E-state index contributed by atoms with van der Waals surface area (Å²) in [5.74, 6) is -0.641. The van der Waals surface area contributed by atoms with E-state index in [-0.39, 0.29) is 4.38 Å². The lowest BCUT2D eigenvalue weighted by atomic mass is 10.6. The number of carbonyl (C=O) groups excluding carboxylic acids is 2. The molecule has 1 N–H and O–H groups in total. The van der Waals surface area contributed by atoms with Gasteiger partial charge in [0.05, 0.1) is 20.8 Å². The maximum absolute atomic E-state index is 11.3. The third kappa shape index (κ3) is 5.76. The number of thiocarbonyl (C=S) groups is 1. The largest absolute Gasteiger partial charge is 0.479 e. The van der Waals surface area contributed by atoms with Crippen molar-refractivity contribution in [3.05, 3.63) is 0 Å². The summed E-state index contributed by atoms with van der Waals surface area (Å²) in [4.78, 5) is 22.2. The average molecular weight is 267 g/mol. The van der Waals surface area contributed by atoms with Crippen LogP contribution in [-0.2, 0) is 19.0 Å². The summed E-state index contributed by atoms with van der Waals surface area (Å²) in [5, 5.41) is 1.29. The normalized spacial score (nSPS) is 11.2. The summed E-state index contributed by atoms with van der Waals surface area (Å²) >= 11 is 5.69. The highest BCUT2D eigenvalue weighted by Crippen LogP contribution is 2.13. The zero-order valence-electron chi connectivity index (χ0n) is 9.14. The molecule has 0 spiro atoms. The summed E-state index contributed by atoms with van der Waals surface area (Å²) in [7, 11) is 2.40. The maximum atomic E-state index is 11.3. The Morgan fingerprint density at radius 3 is 2.44 bits per heavy atom. The first-order valence-corrected chi connectivity index (χ1v) is 5.59. The molecule has 0 aliphatic rings. The minimum atomic E-state index is -0.975. The number of methoxy groups -OCH3 is 2. The molecular weight excluding hydrogens is 254 g/mol. The molecule has 0 bridgehead atoms. The van der Waals surface area contributed by atoms with Crippen molar-refractivity contribution in [1.29, 1.82) is 0 Å². The van der Waals surface area contributed by atoms with Crippen molar-refractivity contribution in [1.82, 2.24) is 5.32 Å². The number of hydrogen-bond acceptors (Lipinski definition) is 7. The van der Waals surface area contributed by atoms with Crippen molar-refractivity contribution >= 4 is 40.4 Å². The molecule has 0 saturated heterocycles. The first kappa shape index (κ1) is 15.0. The van der Waals surface area contributed by atoms with E-state index in [0.717, 1.165) is 11.8 Å². The molecular formula is C8H13NO5S2. The molecule has 0 fully saturated rings. The van der Waals surface area contributed by atoms with Crippen molar-refractivity contribution in [3.8, 4) is 0 Å². The SMILES string of the molecule is CCOC(=S)SC(NC(=O)OC)C(=O)OC. The van der Waals surface area contributed by atoms with Gasteiger partial charge in [-0.25, -0.2) is 9.59 Å². The Labute approximate surface area is 103 Å². The highest BCUT2D eigenvalue weighted by molar-refractivity contribution is 8.23. The molecule has 8 heteroatoms. The van der Waals surface area contributed by atoms with Gasteiger partial charge in [-0.3, -0.25) is 5.32 Å². The minimum Gasteiger partial charge on any atom is -0.479 e. The molecule has 0 aromatic carbocycles. The number of thioether (sulfide) groups is 1. The van der Waals surface area contributed by atoms with Crippen LogP contribution in [0.3, 0.4) is 0 Å². The number of nitrogens with one attached hydrogen (secondary N) is 1. The molecule has 16 heavy (non-hydrogen) atoms. The van der Waals surface area contributed by atoms with Crippen molar-refractivity contribution in [2.24, 2.45) is 0 Å². The molecule has 1 atom stereocenters. The number of carbonyl (C=O) groups is 2. The quantitative estimate of drug-likeness (QED) is 0.461. The predicted octanol–water partition coefficient (Wildman–Crippen LogP) is 0.896. The number of amides is 1. The zero-order valence-corrected chi connectivity index (χ0v) is 10.8. The summed E-state index contributed by atoms with van der Waals surface area (Å²) in [5.41, 5.74) is 0. The molecule has 0 aromatic heterocycles. The van der Waals surface area contributed by atoms with E-state index in [9.17, 15) is 9.59 Å². The van der Waals surface area contributed by atoms with E-state index in [0.29, 0.717) is 6.61 Å². The van der Waals surface area contributed by atoms with E-state index in [1.165, 1.54) is 14.2 Å². The number of esters is 1. The van der Waals surface area contributed by atoms with E-state index in [2.05, 4.69) is 14.8 Å². The lowest BCUT2D eigenvalue weighted by molar-refractivity contribution is -0.140. The Hall–Kier alpha value is -1.02. The number of rotatable bonds is 4. The molecule has 1 unspecified atom stereocenters. The van der Waals surface area contributed by atoms with E-state index < -0.39 is 17.4 Å². The lowest BCUT2D eigenvalue weighted by Gasteiger charge is -2.15. The van der Waals surface area contributed by atoms with Gasteiger partial charge in [0.15, 0.2) is 5.37 Å². The van der Waals surface area contributed by atoms with Crippen LogP contribution in [0.1, 0.15) is 6.92 Å². The van der Waals surface area contributed by atoms with E-state index >= 15 is 0 Å². The van der Waals surface area contributed by atoms with Gasteiger partial charge >= 0.3 is 12.1 Å². The van der Waals surface area contributed by atoms with E-state index in [1.807, 2.05) is 0 Å². The van der Waals surface area contributed by atoms with E-state index in [1.54, 1.807) is 6.92 Å². The summed E-state index contributed by atoms with van der Waals surface area (Å²) in [6.07, 6.45) is -0.748. The fourth-order valence-electron chi connectivity index (χ4n) is 0.658. The number of hydrogen-bond donors (Lipinski definition) is 1. The fourth-order valence-corrected chi connectivity index (χ4v) is 1.79. The van der Waals surface area contributed by atoms with Crippen LogP contribution in [0, 0.1) is 0 Å². The van der Waals surface area contributed by atoms with Gasteiger partial charge in [-0.15, -0.1) is 0 Å². The highest BCUT2D eigenvalue weighted by atomic mass is 32.2. The van der Waals surface area contributed by atoms with Crippen molar-refractivity contribution < 1.29 is 23.8 Å². The second kappa shape index (κ2) is 8.17. The second-order valence-electron chi connectivity index (χ2n) is 2.34. The molecule has 1 amide bonds. The Kier molecular flexibility index (Phi) is 7.65. The molecule has 0 saturated carbocycles. The monoisotopic (exact) mass is 267 g/mol. The van der Waals surface area contributed by atoms with Crippen molar-refractivity contribution in [2.75, 3.05) is 20.8 Å². The molecule has 0 heterocycles. The third-order valence-electron chi connectivity index (χ3n) is 1.33. The minimum absolute atomic E-state index is 0.148. The average Bonchev–Trinajstić information content (AvgIpc) is 2.27. The van der Waals surface area contributed by atoms with Gasteiger partial charge in [-0.2, -0.15) is 0 Å². The van der Waals surface area contributed by atoms with Crippen molar-refractivity contribution in [3.63, 3.8) is 0 Å². The van der Waals surface area contributed by atoms with Crippen LogP contribution in [0.2, 0.25) is 0 Å². The zero-order chi connectivity index (χ0) is 12.6. The summed E-state index contributed by atoms with van der Waals surface area (Å²) in [6.45, 7) is 2.14. The third-order valence-corrected chi connectivity index (χ3v) is 2.59. The Morgan fingerprint density at radius 2 is 2.00 bits per heavy atom. The van der Waals surface area contributed by atoms with Crippen molar-refractivity contribution in [2.45, 2.75) is 12.3 Å². The van der Waals surface area contributed by atoms with Crippen LogP contribution in [0.25, 0.3) is 0 Å². The van der Waals surface area contributed by atoms with Gasteiger partial charge in [0, 0.05) is 0 Å². The molecule has 6 nitrogen and oxygen atoms in total.